The van der Waals surface area contributed by atoms with Gasteiger partial charge in [0.2, 0.25) is 5.91 Å². The molecule has 2 heterocycles. The fourth-order valence-electron chi connectivity index (χ4n) is 9.04. The number of benzene rings is 2. The Kier molecular flexibility index (Phi) is 6.56. The Balaban J connectivity index is 1.22. The van der Waals surface area contributed by atoms with Gasteiger partial charge in [0.25, 0.3) is 0 Å². The average Bonchev–Trinajstić information content (AvgIpc) is 3.70. The van der Waals surface area contributed by atoms with Gasteiger partial charge in [-0.15, -0.1) is 13.2 Å². The molecule has 10 heteroatoms. The Morgan fingerprint density at radius 1 is 1.16 bits per heavy atom. The number of amides is 1. The molecule has 2 saturated carbocycles. The van der Waals surface area contributed by atoms with Crippen LogP contribution in [0.4, 0.5) is 13.2 Å². The number of carbonyl (C=O) groups excluding carboxylic acids is 1. The number of rotatable bonds is 7. The highest BCUT2D eigenvalue weighted by Gasteiger charge is 2.74. The fraction of sp³-hybridized carbons (Fsp3) is 0.545. The van der Waals surface area contributed by atoms with Gasteiger partial charge in [0.05, 0.1) is 11.5 Å². The molecule has 1 amide bonds. The van der Waals surface area contributed by atoms with Crippen LogP contribution < -0.4 is 9.47 Å². The van der Waals surface area contributed by atoms with Gasteiger partial charge in [-0.2, -0.15) is 0 Å². The molecule has 5 atom stereocenters. The average molecular weight is 598 g/mol. The number of ether oxygens (including phenoxy) is 2. The Morgan fingerprint density at radius 3 is 2.67 bits per heavy atom. The lowest BCUT2D eigenvalue weighted by atomic mass is 9.46. The molecule has 1 spiro atoms. The number of hydrogen-bond donors (Lipinski definition) is 1. The third kappa shape index (κ3) is 4.35. The number of phenolic OH excluding ortho intramolecular Hbond substituents is 1. The summed E-state index contributed by atoms with van der Waals surface area (Å²) < 4.78 is 48.9. The summed E-state index contributed by atoms with van der Waals surface area (Å²) in [4.78, 5) is 20.4. The lowest BCUT2D eigenvalue weighted by molar-refractivity contribution is -0.274. The van der Waals surface area contributed by atoms with E-state index < -0.39 is 11.8 Å². The smallest absolute Gasteiger partial charge is 0.504 e. The quantitative estimate of drug-likeness (QED) is 0.455. The molecule has 43 heavy (non-hydrogen) atoms. The second-order valence-electron chi connectivity index (χ2n) is 13.2. The van der Waals surface area contributed by atoms with Gasteiger partial charge in [-0.1, -0.05) is 18.2 Å². The first-order valence-electron chi connectivity index (χ1n) is 15.2. The van der Waals surface area contributed by atoms with Gasteiger partial charge in [0.1, 0.15) is 11.9 Å². The summed E-state index contributed by atoms with van der Waals surface area (Å²) in [5, 5.41) is 11.0. The summed E-state index contributed by atoms with van der Waals surface area (Å²) in [5.74, 6) is 0.876. The van der Waals surface area contributed by atoms with E-state index in [1.54, 1.807) is 24.1 Å². The molecular formula is C33H38F3N3O4. The van der Waals surface area contributed by atoms with Crippen molar-refractivity contribution in [3.8, 4) is 17.2 Å². The van der Waals surface area contributed by atoms with Crippen molar-refractivity contribution >= 4 is 12.0 Å². The van der Waals surface area contributed by atoms with Crippen molar-refractivity contribution < 1.29 is 32.5 Å². The number of phenols is 1. The van der Waals surface area contributed by atoms with Gasteiger partial charge in [0, 0.05) is 36.8 Å². The maximum absolute atomic E-state index is 13.6. The van der Waals surface area contributed by atoms with Gasteiger partial charge in [-0.3, -0.25) is 9.69 Å². The summed E-state index contributed by atoms with van der Waals surface area (Å²) in [6.07, 6.45) is 3.75. The highest BCUT2D eigenvalue weighted by Crippen LogP contribution is 2.67. The van der Waals surface area contributed by atoms with E-state index in [1.165, 1.54) is 48.8 Å². The minimum absolute atomic E-state index is 0.141. The Morgan fingerprint density at radius 2 is 1.95 bits per heavy atom. The van der Waals surface area contributed by atoms with E-state index in [9.17, 15) is 23.1 Å². The molecule has 2 bridgehead atoms. The van der Waals surface area contributed by atoms with Crippen LogP contribution in [0.25, 0.3) is 6.08 Å². The first-order valence-corrected chi connectivity index (χ1v) is 15.2. The third-order valence-corrected chi connectivity index (χ3v) is 10.9. The molecule has 5 aliphatic rings. The predicted molar refractivity (Wildman–Crippen MR) is 155 cm³/mol. The number of aromatic hydroxyl groups is 1. The molecule has 2 aliphatic heterocycles. The number of hydrogen-bond acceptors (Lipinski definition) is 6. The van der Waals surface area contributed by atoms with Crippen LogP contribution in [-0.2, 0) is 16.6 Å². The highest BCUT2D eigenvalue weighted by molar-refractivity contribution is 5.92. The first kappa shape index (κ1) is 28.5. The highest BCUT2D eigenvalue weighted by atomic mass is 19.4. The Labute approximate surface area is 249 Å². The monoisotopic (exact) mass is 597 g/mol. The maximum Gasteiger partial charge on any atom is 0.573 e. The summed E-state index contributed by atoms with van der Waals surface area (Å²) in [6.45, 7) is 2.07. The number of piperidine rings is 1. The molecular weight excluding hydrogens is 559 g/mol. The first-order chi connectivity index (χ1) is 20.4. The number of nitrogens with zero attached hydrogens (tertiary/aromatic N) is 3. The summed E-state index contributed by atoms with van der Waals surface area (Å²) in [6, 6.07) is 9.42. The van der Waals surface area contributed by atoms with E-state index >= 15 is 0 Å². The summed E-state index contributed by atoms with van der Waals surface area (Å²) >= 11 is 0. The van der Waals surface area contributed by atoms with Gasteiger partial charge in [-0.25, -0.2) is 0 Å². The van der Waals surface area contributed by atoms with Crippen LogP contribution in [0.15, 0.2) is 42.5 Å². The molecule has 230 valence electrons. The molecule has 0 radical (unpaired) electrons. The molecule has 0 aromatic heterocycles. The fourth-order valence-corrected chi connectivity index (χ4v) is 9.04. The van der Waals surface area contributed by atoms with E-state index in [1.807, 2.05) is 0 Å². The van der Waals surface area contributed by atoms with Crippen molar-refractivity contribution in [2.75, 3.05) is 34.2 Å². The summed E-state index contributed by atoms with van der Waals surface area (Å²) in [5.41, 5.74) is 2.17. The Bertz CT molecular complexity index is 1470. The molecule has 2 aromatic carbocycles. The van der Waals surface area contributed by atoms with Crippen LogP contribution >= 0.6 is 0 Å². The van der Waals surface area contributed by atoms with Crippen molar-refractivity contribution in [1.82, 2.24) is 14.7 Å². The van der Waals surface area contributed by atoms with Crippen molar-refractivity contribution in [3.63, 3.8) is 0 Å². The van der Waals surface area contributed by atoms with Crippen molar-refractivity contribution in [2.45, 2.75) is 74.0 Å². The van der Waals surface area contributed by atoms with E-state index in [2.05, 4.69) is 34.7 Å². The number of alkyl halides is 3. The van der Waals surface area contributed by atoms with Crippen LogP contribution in [0.5, 0.6) is 17.2 Å². The summed E-state index contributed by atoms with van der Waals surface area (Å²) in [7, 11) is 6.12. The number of halogens is 3. The zero-order valence-corrected chi connectivity index (χ0v) is 24.7. The lowest BCUT2D eigenvalue weighted by Gasteiger charge is -2.69. The van der Waals surface area contributed by atoms with E-state index in [0.717, 1.165) is 50.3 Å². The van der Waals surface area contributed by atoms with Crippen LogP contribution in [-0.4, -0.2) is 90.0 Å². The molecule has 1 N–H and O–H groups in total. The molecule has 1 saturated heterocycles. The molecule has 2 aromatic rings. The molecule has 7 rings (SSSR count). The predicted octanol–water partition coefficient (Wildman–Crippen LogP) is 4.96. The number of likely N-dealkylation sites (N-methyl/N-ethyl adjacent to an activating group) is 2. The van der Waals surface area contributed by atoms with E-state index in [0.29, 0.717) is 17.4 Å². The van der Waals surface area contributed by atoms with Gasteiger partial charge < -0.3 is 24.4 Å². The third-order valence-electron chi connectivity index (χ3n) is 10.9. The lowest BCUT2D eigenvalue weighted by Crippen LogP contribution is -2.82. The van der Waals surface area contributed by atoms with Crippen LogP contribution in [0.2, 0.25) is 0 Å². The zero-order chi connectivity index (χ0) is 30.3. The van der Waals surface area contributed by atoms with Crippen LogP contribution in [0.1, 0.15) is 48.8 Å². The zero-order valence-electron chi connectivity index (χ0n) is 24.7. The van der Waals surface area contributed by atoms with Crippen molar-refractivity contribution in [1.29, 1.82) is 0 Å². The molecule has 3 fully saturated rings. The largest absolute Gasteiger partial charge is 0.573 e. The Hall–Kier alpha value is -3.24. The number of likely N-dealkylation sites (tertiary alicyclic amines) is 1. The normalized spacial score (nSPS) is 31.2. The van der Waals surface area contributed by atoms with Crippen molar-refractivity contribution in [3.05, 3.63) is 59.2 Å². The number of carbonyl (C=O) groups is 1. The molecule has 3 aliphatic carbocycles. The molecule has 0 unspecified atom stereocenters. The van der Waals surface area contributed by atoms with E-state index in [4.69, 9.17) is 4.74 Å². The standard InChI is InChI=1S/C33H38F3N3O4/c1-37(2)32-14-13-24(38(3)27(41)12-9-20-5-4-6-23(17-20)43-33(34,35)36)30-31(32)15-16-39(19-21-7-8-21)26(32)18-22-10-11-25(40)29(42-30)28(22)31/h4-6,9-12,17,21,24,26,30,40H,7-8,13-16,18-19H2,1-3H3/t24-,26-,30+,31+,32-/m1/s1. The van der Waals surface area contributed by atoms with Crippen LogP contribution in [0.3, 0.4) is 0 Å². The second kappa shape index (κ2) is 9.89. The van der Waals surface area contributed by atoms with Gasteiger partial charge in [0.15, 0.2) is 11.5 Å². The second-order valence-corrected chi connectivity index (χ2v) is 13.2. The van der Waals surface area contributed by atoms with E-state index in [-0.39, 0.29) is 35.1 Å². The minimum Gasteiger partial charge on any atom is -0.504 e. The van der Waals surface area contributed by atoms with Gasteiger partial charge in [-0.05, 0) is 100 Å². The van der Waals surface area contributed by atoms with Gasteiger partial charge >= 0.3 is 6.36 Å². The van der Waals surface area contributed by atoms with Crippen LogP contribution in [0, 0.1) is 5.92 Å². The van der Waals surface area contributed by atoms with Crippen molar-refractivity contribution in [2.24, 2.45) is 5.92 Å². The topological polar surface area (TPSA) is 65.5 Å². The minimum atomic E-state index is -4.79. The SMILES string of the molecule is CN(C(=O)C=Cc1cccc(OC(F)(F)F)c1)[C@@H]1CC[C@@]2(N(C)C)[C@H]3Cc4ccc(O)c5c4[C@@]2(CCN3CC2CC2)[C@H]1O5. The molecule has 7 nitrogen and oxygen atoms in total. The maximum atomic E-state index is 13.6.